The smallest absolute Gasteiger partial charge is 0.108 e. The molecule has 2 atom stereocenters. The predicted molar refractivity (Wildman–Crippen MR) is 43.9 cm³/mol. The van der Waals surface area contributed by atoms with Crippen LogP contribution in [0.15, 0.2) is 0 Å². The van der Waals surface area contributed by atoms with Gasteiger partial charge < -0.3 is 0 Å². The molecule has 2 unspecified atom stereocenters. The lowest BCUT2D eigenvalue weighted by molar-refractivity contribution is 0.143. The highest BCUT2D eigenvalue weighted by molar-refractivity contribution is 4.73. The molecule has 0 nitrogen and oxygen atoms in total. The fraction of sp³-hybridized carbons (Fsp3) is 1.00. The van der Waals surface area contributed by atoms with E-state index in [9.17, 15) is 4.39 Å². The lowest BCUT2D eigenvalue weighted by Gasteiger charge is -2.21. The molecule has 0 fully saturated rings. The Bertz CT molecular complexity index is 86.7. The van der Waals surface area contributed by atoms with Crippen LogP contribution in [0, 0.1) is 5.92 Å². The van der Waals surface area contributed by atoms with Crippen molar-refractivity contribution in [1.29, 1.82) is 0 Å². The molecule has 0 spiro atoms. The Morgan fingerprint density at radius 3 is 2.20 bits per heavy atom. The van der Waals surface area contributed by atoms with Gasteiger partial charge in [-0.3, -0.25) is 0 Å². The largest absolute Gasteiger partial charge is 0.244 e. The minimum atomic E-state index is -0.935. The average molecular weight is 146 g/mol. The van der Waals surface area contributed by atoms with Gasteiger partial charge in [0.15, 0.2) is 0 Å². The van der Waals surface area contributed by atoms with Crippen LogP contribution in [0.3, 0.4) is 0 Å². The highest BCUT2D eigenvalue weighted by atomic mass is 19.1. The molecule has 0 rings (SSSR count). The first kappa shape index (κ1) is 9.93. The van der Waals surface area contributed by atoms with E-state index in [1.54, 1.807) is 6.92 Å². The normalized spacial score (nSPS) is 20.1. The average Bonchev–Trinajstić information content (AvgIpc) is 1.87. The van der Waals surface area contributed by atoms with E-state index in [0.29, 0.717) is 18.8 Å². The lowest BCUT2D eigenvalue weighted by atomic mass is 9.91. The van der Waals surface area contributed by atoms with Crippen LogP contribution in [0.1, 0.15) is 47.0 Å². The van der Waals surface area contributed by atoms with Crippen molar-refractivity contribution in [3.05, 3.63) is 0 Å². The van der Waals surface area contributed by atoms with E-state index in [4.69, 9.17) is 0 Å². The van der Waals surface area contributed by atoms with Crippen LogP contribution in [0.2, 0.25) is 0 Å². The number of halogens is 1. The van der Waals surface area contributed by atoms with Crippen molar-refractivity contribution in [2.24, 2.45) is 5.92 Å². The summed E-state index contributed by atoms with van der Waals surface area (Å²) in [5, 5.41) is 0. The fourth-order valence-electron chi connectivity index (χ4n) is 1.02. The summed E-state index contributed by atoms with van der Waals surface area (Å²) in [5.74, 6) is 0.523. The summed E-state index contributed by atoms with van der Waals surface area (Å²) in [6.07, 6.45) is 2.43. The Morgan fingerprint density at radius 1 is 1.40 bits per heavy atom. The van der Waals surface area contributed by atoms with Crippen LogP contribution in [-0.2, 0) is 0 Å². The molecule has 0 aromatic rings. The molecule has 0 aliphatic heterocycles. The summed E-state index contributed by atoms with van der Waals surface area (Å²) in [6, 6.07) is 0. The minimum Gasteiger partial charge on any atom is -0.244 e. The molecule has 0 heterocycles. The second kappa shape index (κ2) is 3.95. The van der Waals surface area contributed by atoms with Crippen LogP contribution >= 0.6 is 0 Å². The number of rotatable bonds is 4. The zero-order valence-electron chi connectivity index (χ0n) is 7.58. The molecule has 0 aliphatic carbocycles. The van der Waals surface area contributed by atoms with Crippen LogP contribution in [0.25, 0.3) is 0 Å². The third kappa shape index (κ3) is 3.86. The van der Waals surface area contributed by atoms with E-state index in [0.717, 1.165) is 6.42 Å². The van der Waals surface area contributed by atoms with Crippen molar-refractivity contribution >= 4 is 0 Å². The standard InChI is InChI=1S/C9H19F/c1-5-8(3)7-9(4,10)6-2/h8H,5-7H2,1-4H3. The summed E-state index contributed by atoms with van der Waals surface area (Å²) in [7, 11) is 0. The van der Waals surface area contributed by atoms with E-state index in [1.165, 1.54) is 0 Å². The second-order valence-electron chi connectivity index (χ2n) is 3.48. The van der Waals surface area contributed by atoms with Crippen molar-refractivity contribution in [1.82, 2.24) is 0 Å². The van der Waals surface area contributed by atoms with Crippen molar-refractivity contribution in [3.8, 4) is 0 Å². The zero-order valence-corrected chi connectivity index (χ0v) is 7.58. The van der Waals surface area contributed by atoms with E-state index < -0.39 is 5.67 Å². The first-order valence-electron chi connectivity index (χ1n) is 4.20. The zero-order chi connectivity index (χ0) is 8.20. The fourth-order valence-corrected chi connectivity index (χ4v) is 1.02. The predicted octanol–water partition coefficient (Wildman–Crippen LogP) is 3.56. The third-order valence-corrected chi connectivity index (χ3v) is 2.21. The van der Waals surface area contributed by atoms with Crippen molar-refractivity contribution < 1.29 is 4.39 Å². The van der Waals surface area contributed by atoms with Crippen LogP contribution < -0.4 is 0 Å². The van der Waals surface area contributed by atoms with Gasteiger partial charge in [0.1, 0.15) is 5.67 Å². The van der Waals surface area contributed by atoms with Crippen LogP contribution in [-0.4, -0.2) is 5.67 Å². The van der Waals surface area contributed by atoms with E-state index in [-0.39, 0.29) is 0 Å². The summed E-state index contributed by atoms with van der Waals surface area (Å²) < 4.78 is 13.3. The van der Waals surface area contributed by atoms with Gasteiger partial charge in [0, 0.05) is 0 Å². The quantitative estimate of drug-likeness (QED) is 0.569. The maximum atomic E-state index is 13.3. The summed E-state index contributed by atoms with van der Waals surface area (Å²) >= 11 is 0. The highest BCUT2D eigenvalue weighted by Crippen LogP contribution is 2.25. The summed E-state index contributed by atoms with van der Waals surface area (Å²) in [4.78, 5) is 0. The van der Waals surface area contributed by atoms with Gasteiger partial charge in [0.05, 0.1) is 0 Å². The first-order valence-corrected chi connectivity index (χ1v) is 4.20. The van der Waals surface area contributed by atoms with Gasteiger partial charge in [0.2, 0.25) is 0 Å². The van der Waals surface area contributed by atoms with Gasteiger partial charge in [-0.25, -0.2) is 4.39 Å². The number of alkyl halides is 1. The van der Waals surface area contributed by atoms with Gasteiger partial charge in [-0.15, -0.1) is 0 Å². The van der Waals surface area contributed by atoms with Crippen LogP contribution in [0.5, 0.6) is 0 Å². The topological polar surface area (TPSA) is 0 Å². The molecule has 0 saturated heterocycles. The van der Waals surface area contributed by atoms with Crippen molar-refractivity contribution in [3.63, 3.8) is 0 Å². The van der Waals surface area contributed by atoms with Crippen molar-refractivity contribution in [2.45, 2.75) is 52.6 Å². The molecule has 0 radical (unpaired) electrons. The van der Waals surface area contributed by atoms with Crippen LogP contribution in [0.4, 0.5) is 4.39 Å². The maximum Gasteiger partial charge on any atom is 0.108 e. The molecule has 0 N–H and O–H groups in total. The molecule has 0 aromatic heterocycles. The maximum absolute atomic E-state index is 13.3. The molecule has 0 aliphatic rings. The molecular weight excluding hydrogens is 127 g/mol. The number of hydrogen-bond acceptors (Lipinski definition) is 0. The number of hydrogen-bond donors (Lipinski definition) is 0. The molecule has 10 heavy (non-hydrogen) atoms. The van der Waals surface area contributed by atoms with Gasteiger partial charge in [-0.05, 0) is 25.7 Å². The Morgan fingerprint density at radius 2 is 1.90 bits per heavy atom. The molecule has 1 heteroatoms. The Kier molecular flexibility index (Phi) is 3.92. The third-order valence-electron chi connectivity index (χ3n) is 2.21. The van der Waals surface area contributed by atoms with Gasteiger partial charge >= 0.3 is 0 Å². The second-order valence-corrected chi connectivity index (χ2v) is 3.48. The Labute approximate surface area is 63.8 Å². The van der Waals surface area contributed by atoms with Gasteiger partial charge in [-0.1, -0.05) is 27.2 Å². The monoisotopic (exact) mass is 146 g/mol. The molecule has 0 aromatic carbocycles. The molecule has 0 bridgehead atoms. The first-order chi connectivity index (χ1) is 4.52. The Hall–Kier alpha value is -0.0700. The van der Waals surface area contributed by atoms with Crippen molar-refractivity contribution in [2.75, 3.05) is 0 Å². The summed E-state index contributed by atoms with van der Waals surface area (Å²) in [5.41, 5.74) is -0.935. The SMILES string of the molecule is CCC(C)CC(C)(F)CC. The minimum absolute atomic E-state index is 0.523. The molecule has 0 amide bonds. The summed E-state index contributed by atoms with van der Waals surface area (Å²) in [6.45, 7) is 7.81. The lowest BCUT2D eigenvalue weighted by Crippen LogP contribution is -2.19. The van der Waals surface area contributed by atoms with Gasteiger partial charge in [-0.2, -0.15) is 0 Å². The van der Waals surface area contributed by atoms with E-state index >= 15 is 0 Å². The van der Waals surface area contributed by atoms with E-state index in [1.807, 2.05) is 6.92 Å². The van der Waals surface area contributed by atoms with E-state index in [2.05, 4.69) is 13.8 Å². The highest BCUT2D eigenvalue weighted by Gasteiger charge is 2.22. The Balaban J connectivity index is 3.64. The molecular formula is C9H19F. The molecule has 0 saturated carbocycles. The van der Waals surface area contributed by atoms with Gasteiger partial charge in [0.25, 0.3) is 0 Å². The molecule has 62 valence electrons.